The minimum Gasteiger partial charge on any atom is -0.309 e. The molecule has 2 aliphatic rings. The molecule has 1 atom stereocenters. The Balaban J connectivity index is 1.89. The van der Waals surface area contributed by atoms with Gasteiger partial charge < -0.3 is 5.32 Å². The van der Waals surface area contributed by atoms with Crippen LogP contribution in [0.4, 0.5) is 5.82 Å². The zero-order valence-electron chi connectivity index (χ0n) is 13.5. The second-order valence-electron chi connectivity index (χ2n) is 6.44. The first-order valence-electron chi connectivity index (χ1n) is 7.89. The number of anilines is 1. The molecule has 0 saturated carbocycles. The van der Waals surface area contributed by atoms with E-state index in [0.717, 1.165) is 16.8 Å². The highest BCUT2D eigenvalue weighted by Gasteiger charge is 2.33. The smallest absolute Gasteiger partial charge is 0.226 e. The van der Waals surface area contributed by atoms with Crippen LogP contribution in [0.15, 0.2) is 30.4 Å². The number of hydrogen-bond acceptors (Lipinski definition) is 2. The normalized spacial score (nSPS) is 19.0. The van der Waals surface area contributed by atoms with E-state index in [1.54, 1.807) is 0 Å². The standard InChI is InChI=1S/C19H19N3O/c1-10-7-12(3)14(8-11(10)2)15-9-16(23)20-19-17(15)18(21-22-19)13-5-4-6-13/h4-8,15H,9H2,1-3H3,(H2,20,21,22,23). The molecular weight excluding hydrogens is 286 g/mol. The van der Waals surface area contributed by atoms with E-state index in [1.165, 1.54) is 22.3 Å². The zero-order chi connectivity index (χ0) is 16.1. The van der Waals surface area contributed by atoms with Crippen LogP contribution in [0.25, 0.3) is 5.57 Å². The number of nitrogens with one attached hydrogen (secondary N) is 2. The fourth-order valence-electron chi connectivity index (χ4n) is 3.46. The maximum Gasteiger partial charge on any atom is 0.226 e. The number of carbonyl (C=O) groups is 1. The van der Waals surface area contributed by atoms with Crippen LogP contribution in [-0.4, -0.2) is 16.1 Å². The molecule has 2 heterocycles. The van der Waals surface area contributed by atoms with Crippen LogP contribution in [0.2, 0.25) is 0 Å². The van der Waals surface area contributed by atoms with Crippen molar-refractivity contribution < 1.29 is 4.79 Å². The maximum atomic E-state index is 12.1. The summed E-state index contributed by atoms with van der Waals surface area (Å²) in [6, 6.07) is 4.43. The van der Waals surface area contributed by atoms with Crippen LogP contribution in [0.1, 0.15) is 45.8 Å². The molecule has 4 heteroatoms. The lowest BCUT2D eigenvalue weighted by atomic mass is 9.81. The number of rotatable bonds is 2. The third-order valence-electron chi connectivity index (χ3n) is 4.90. The third kappa shape index (κ3) is 2.13. The van der Waals surface area contributed by atoms with Gasteiger partial charge in [-0.1, -0.05) is 30.4 Å². The molecular formula is C19H19N3O. The Morgan fingerprint density at radius 3 is 2.57 bits per heavy atom. The Bertz CT molecular complexity index is 886. The molecule has 2 N–H and O–H groups in total. The van der Waals surface area contributed by atoms with Crippen molar-refractivity contribution in [3.05, 3.63) is 63.9 Å². The summed E-state index contributed by atoms with van der Waals surface area (Å²) in [4.78, 5) is 12.1. The second kappa shape index (κ2) is 4.95. The van der Waals surface area contributed by atoms with Gasteiger partial charge in [-0.05, 0) is 48.6 Å². The van der Waals surface area contributed by atoms with E-state index in [9.17, 15) is 4.79 Å². The van der Waals surface area contributed by atoms with Gasteiger partial charge in [-0.3, -0.25) is 9.89 Å². The fraction of sp³-hybridized carbons (Fsp3) is 0.263. The number of H-pyrrole nitrogens is 1. The number of fused-ring (bicyclic) bond motifs is 1. The van der Waals surface area contributed by atoms with Gasteiger partial charge in [0.2, 0.25) is 5.91 Å². The van der Waals surface area contributed by atoms with E-state index in [4.69, 9.17) is 0 Å². The van der Waals surface area contributed by atoms with Gasteiger partial charge >= 0.3 is 0 Å². The predicted octanol–water partition coefficient (Wildman–Crippen LogP) is 3.76. The molecule has 2 aromatic rings. The molecule has 0 fully saturated rings. The molecule has 1 aromatic heterocycles. The van der Waals surface area contributed by atoms with Crippen molar-refractivity contribution in [3.8, 4) is 0 Å². The lowest BCUT2D eigenvalue weighted by molar-refractivity contribution is -0.116. The van der Waals surface area contributed by atoms with Gasteiger partial charge in [-0.25, -0.2) is 0 Å². The topological polar surface area (TPSA) is 57.8 Å². The predicted molar refractivity (Wildman–Crippen MR) is 91.4 cm³/mol. The number of benzene rings is 1. The molecule has 1 aliphatic carbocycles. The monoisotopic (exact) mass is 305 g/mol. The quantitative estimate of drug-likeness (QED) is 0.887. The lowest BCUT2D eigenvalue weighted by Crippen LogP contribution is -2.24. The van der Waals surface area contributed by atoms with E-state index in [1.807, 2.05) is 6.08 Å². The second-order valence-corrected chi connectivity index (χ2v) is 6.44. The van der Waals surface area contributed by atoms with Crippen molar-refractivity contribution in [2.75, 3.05) is 5.32 Å². The summed E-state index contributed by atoms with van der Waals surface area (Å²) in [5.41, 5.74) is 8.24. The summed E-state index contributed by atoms with van der Waals surface area (Å²) in [6.07, 6.45) is 6.60. The number of aromatic nitrogens is 2. The molecule has 0 saturated heterocycles. The van der Waals surface area contributed by atoms with Crippen LogP contribution in [0, 0.1) is 20.8 Å². The highest BCUT2D eigenvalue weighted by atomic mass is 16.1. The Morgan fingerprint density at radius 1 is 1.13 bits per heavy atom. The summed E-state index contributed by atoms with van der Waals surface area (Å²) < 4.78 is 0. The molecule has 1 aliphatic heterocycles. The van der Waals surface area contributed by atoms with Crippen molar-refractivity contribution >= 4 is 17.3 Å². The van der Waals surface area contributed by atoms with E-state index in [0.29, 0.717) is 12.2 Å². The van der Waals surface area contributed by atoms with Gasteiger partial charge in [0.1, 0.15) is 0 Å². The Morgan fingerprint density at radius 2 is 1.87 bits per heavy atom. The SMILES string of the molecule is Cc1cc(C)c(C2CC(=O)Nc3n[nH]c(C4=CC=C4)c32)cc1C. The molecule has 1 amide bonds. The third-order valence-corrected chi connectivity index (χ3v) is 4.90. The Kier molecular flexibility index (Phi) is 3.01. The average molecular weight is 305 g/mol. The molecule has 1 aromatic carbocycles. The first kappa shape index (κ1) is 14.0. The molecule has 1 unspecified atom stereocenters. The summed E-state index contributed by atoms with van der Waals surface area (Å²) in [6.45, 7) is 6.37. The number of amides is 1. The highest BCUT2D eigenvalue weighted by molar-refractivity contribution is 5.96. The minimum atomic E-state index is 0.0244. The van der Waals surface area contributed by atoms with Crippen molar-refractivity contribution in [3.63, 3.8) is 0 Å². The molecule has 116 valence electrons. The van der Waals surface area contributed by atoms with Crippen molar-refractivity contribution in [2.45, 2.75) is 33.1 Å². The first-order valence-corrected chi connectivity index (χ1v) is 7.89. The first-order chi connectivity index (χ1) is 11.0. The van der Waals surface area contributed by atoms with Gasteiger partial charge in [-0.15, -0.1) is 0 Å². The molecule has 0 bridgehead atoms. The van der Waals surface area contributed by atoms with E-state index in [-0.39, 0.29) is 11.8 Å². The Hall–Kier alpha value is -2.62. The molecule has 23 heavy (non-hydrogen) atoms. The number of allylic oxidation sites excluding steroid dienone is 4. The maximum absolute atomic E-state index is 12.1. The molecule has 4 rings (SSSR count). The summed E-state index contributed by atoms with van der Waals surface area (Å²) in [5, 5.41) is 10.3. The van der Waals surface area contributed by atoms with Gasteiger partial charge in [0, 0.05) is 17.9 Å². The van der Waals surface area contributed by atoms with E-state index in [2.05, 4.69) is 60.6 Å². The molecule has 4 nitrogen and oxygen atoms in total. The van der Waals surface area contributed by atoms with Crippen LogP contribution in [-0.2, 0) is 4.79 Å². The van der Waals surface area contributed by atoms with Gasteiger partial charge in [0.05, 0.1) is 5.69 Å². The molecule has 0 spiro atoms. The lowest BCUT2D eigenvalue weighted by Gasteiger charge is -2.26. The summed E-state index contributed by atoms with van der Waals surface area (Å²) in [7, 11) is 0. The largest absolute Gasteiger partial charge is 0.309 e. The number of aryl methyl sites for hydroxylation is 3. The number of aromatic amines is 1. The summed E-state index contributed by atoms with van der Waals surface area (Å²) >= 11 is 0. The zero-order valence-corrected chi connectivity index (χ0v) is 13.5. The van der Waals surface area contributed by atoms with E-state index >= 15 is 0 Å². The number of carbonyl (C=O) groups excluding carboxylic acids is 1. The fourth-order valence-corrected chi connectivity index (χ4v) is 3.46. The van der Waals surface area contributed by atoms with Gasteiger partial charge in [0.15, 0.2) is 5.82 Å². The van der Waals surface area contributed by atoms with Crippen molar-refractivity contribution in [1.29, 1.82) is 0 Å². The summed E-state index contributed by atoms with van der Waals surface area (Å²) in [5.74, 6) is 0.734. The Labute approximate surface area is 135 Å². The van der Waals surface area contributed by atoms with Gasteiger partial charge in [0.25, 0.3) is 0 Å². The number of nitrogens with zero attached hydrogens (tertiary/aromatic N) is 1. The van der Waals surface area contributed by atoms with E-state index < -0.39 is 0 Å². The minimum absolute atomic E-state index is 0.0244. The van der Waals surface area contributed by atoms with Crippen LogP contribution >= 0.6 is 0 Å². The highest BCUT2D eigenvalue weighted by Crippen LogP contribution is 2.42. The van der Waals surface area contributed by atoms with Crippen LogP contribution in [0.3, 0.4) is 0 Å². The van der Waals surface area contributed by atoms with Crippen molar-refractivity contribution in [2.24, 2.45) is 0 Å². The van der Waals surface area contributed by atoms with Gasteiger partial charge in [-0.2, -0.15) is 5.10 Å². The average Bonchev–Trinajstić information content (AvgIpc) is 2.84. The molecule has 0 radical (unpaired) electrons. The van der Waals surface area contributed by atoms with Crippen LogP contribution < -0.4 is 5.32 Å². The number of hydrogen-bond donors (Lipinski definition) is 2. The van der Waals surface area contributed by atoms with Crippen molar-refractivity contribution in [1.82, 2.24) is 10.2 Å². The van der Waals surface area contributed by atoms with Crippen LogP contribution in [0.5, 0.6) is 0 Å².